The predicted octanol–water partition coefficient (Wildman–Crippen LogP) is 5.88. The zero-order valence-electron chi connectivity index (χ0n) is 14.3. The highest BCUT2D eigenvalue weighted by Gasteiger charge is 2.12. The molecule has 0 radical (unpaired) electrons. The van der Waals surface area contributed by atoms with Gasteiger partial charge in [-0.15, -0.1) is 0 Å². The summed E-state index contributed by atoms with van der Waals surface area (Å²) in [4.78, 5) is 10.6. The van der Waals surface area contributed by atoms with Gasteiger partial charge in [0, 0.05) is 12.1 Å². The van der Waals surface area contributed by atoms with Gasteiger partial charge in [-0.3, -0.25) is 10.1 Å². The quantitative estimate of drug-likeness (QED) is 0.341. The molecule has 0 aliphatic heterocycles. The second-order valence-electron chi connectivity index (χ2n) is 6.04. The van der Waals surface area contributed by atoms with E-state index >= 15 is 0 Å². The molecule has 0 fully saturated rings. The molecule has 0 aliphatic carbocycles. The Morgan fingerprint density at radius 1 is 0.760 bits per heavy atom. The van der Waals surface area contributed by atoms with Gasteiger partial charge in [-0.25, -0.2) is 0 Å². The summed E-state index contributed by atoms with van der Waals surface area (Å²) in [6.07, 6.45) is 0. The highest BCUT2D eigenvalue weighted by atomic mass is 16.6. The molecule has 0 saturated carbocycles. The van der Waals surface area contributed by atoms with Crippen LogP contribution in [-0.4, -0.2) is 4.92 Å². The lowest BCUT2D eigenvalue weighted by Crippen LogP contribution is -1.94. The second kappa shape index (κ2) is 7.14. The first kappa shape index (κ1) is 16.7. The van der Waals surface area contributed by atoms with Crippen molar-refractivity contribution in [3.63, 3.8) is 0 Å². The molecule has 3 rings (SSSR count). The first-order chi connectivity index (χ1) is 12.1. The van der Waals surface area contributed by atoms with Crippen LogP contribution in [0.5, 0.6) is 0 Å². The van der Waals surface area contributed by atoms with E-state index in [4.69, 9.17) is 0 Å². The zero-order chi connectivity index (χ0) is 17.8. The molecular formula is C22H19NO2. The first-order valence-corrected chi connectivity index (χ1v) is 8.14. The SMILES string of the molecule is C/C(=C(/c1ccccc1)c1ccc([N+](=O)[O-])cc1)c1ccc(C)cc1. The summed E-state index contributed by atoms with van der Waals surface area (Å²) in [5, 5.41) is 10.9. The van der Waals surface area contributed by atoms with Crippen molar-refractivity contribution in [3.05, 3.63) is 111 Å². The minimum absolute atomic E-state index is 0.101. The molecule has 0 aromatic heterocycles. The van der Waals surface area contributed by atoms with Gasteiger partial charge >= 0.3 is 0 Å². The summed E-state index contributed by atoms with van der Waals surface area (Å²) >= 11 is 0. The van der Waals surface area contributed by atoms with Gasteiger partial charge < -0.3 is 0 Å². The van der Waals surface area contributed by atoms with Gasteiger partial charge in [0.15, 0.2) is 0 Å². The van der Waals surface area contributed by atoms with E-state index in [1.165, 1.54) is 5.56 Å². The van der Waals surface area contributed by atoms with Crippen LogP contribution in [0.1, 0.15) is 29.2 Å². The molecular weight excluding hydrogens is 310 g/mol. The van der Waals surface area contributed by atoms with E-state index in [2.05, 4.69) is 50.2 Å². The van der Waals surface area contributed by atoms with Gasteiger partial charge in [0.25, 0.3) is 5.69 Å². The van der Waals surface area contributed by atoms with Crippen molar-refractivity contribution < 1.29 is 4.92 Å². The zero-order valence-corrected chi connectivity index (χ0v) is 14.3. The van der Waals surface area contributed by atoms with E-state index in [0.29, 0.717) is 0 Å². The molecule has 0 N–H and O–H groups in total. The lowest BCUT2D eigenvalue weighted by atomic mass is 9.90. The van der Waals surface area contributed by atoms with E-state index in [1.807, 2.05) is 30.3 Å². The van der Waals surface area contributed by atoms with E-state index in [9.17, 15) is 10.1 Å². The van der Waals surface area contributed by atoms with Crippen LogP contribution in [0, 0.1) is 17.0 Å². The van der Waals surface area contributed by atoms with Gasteiger partial charge in [0.05, 0.1) is 4.92 Å². The Labute approximate surface area is 147 Å². The highest BCUT2D eigenvalue weighted by molar-refractivity contribution is 5.97. The fourth-order valence-corrected chi connectivity index (χ4v) is 2.90. The van der Waals surface area contributed by atoms with Gasteiger partial charge in [0.2, 0.25) is 0 Å². The van der Waals surface area contributed by atoms with Crippen molar-refractivity contribution in [1.29, 1.82) is 0 Å². The van der Waals surface area contributed by atoms with Crippen LogP contribution in [0.3, 0.4) is 0 Å². The van der Waals surface area contributed by atoms with Gasteiger partial charge in [0.1, 0.15) is 0 Å². The van der Waals surface area contributed by atoms with E-state index in [0.717, 1.165) is 27.8 Å². The third kappa shape index (κ3) is 3.66. The van der Waals surface area contributed by atoms with Crippen molar-refractivity contribution in [1.82, 2.24) is 0 Å². The van der Waals surface area contributed by atoms with Crippen molar-refractivity contribution >= 4 is 16.8 Å². The van der Waals surface area contributed by atoms with Crippen molar-refractivity contribution in [2.45, 2.75) is 13.8 Å². The summed E-state index contributed by atoms with van der Waals surface area (Å²) in [7, 11) is 0. The molecule has 124 valence electrons. The summed E-state index contributed by atoms with van der Waals surface area (Å²) in [5.74, 6) is 0. The lowest BCUT2D eigenvalue weighted by molar-refractivity contribution is -0.384. The molecule has 3 aromatic carbocycles. The normalized spacial score (nSPS) is 11.8. The van der Waals surface area contributed by atoms with Crippen LogP contribution in [0.4, 0.5) is 5.69 Å². The molecule has 0 heterocycles. The maximum absolute atomic E-state index is 10.9. The van der Waals surface area contributed by atoms with Gasteiger partial charge in [-0.2, -0.15) is 0 Å². The molecule has 0 atom stereocenters. The monoisotopic (exact) mass is 329 g/mol. The number of hydrogen-bond donors (Lipinski definition) is 0. The largest absolute Gasteiger partial charge is 0.269 e. The van der Waals surface area contributed by atoms with Crippen LogP contribution in [0.2, 0.25) is 0 Å². The molecule has 3 nitrogen and oxygen atoms in total. The van der Waals surface area contributed by atoms with Crippen molar-refractivity contribution in [3.8, 4) is 0 Å². The predicted molar refractivity (Wildman–Crippen MR) is 102 cm³/mol. The number of non-ortho nitro benzene ring substituents is 1. The molecule has 25 heavy (non-hydrogen) atoms. The average molecular weight is 329 g/mol. The molecule has 0 saturated heterocycles. The number of nitro groups is 1. The maximum Gasteiger partial charge on any atom is 0.269 e. The Morgan fingerprint density at radius 2 is 1.28 bits per heavy atom. The molecule has 3 heteroatoms. The molecule has 0 unspecified atom stereocenters. The Kier molecular flexibility index (Phi) is 4.75. The minimum Gasteiger partial charge on any atom is -0.258 e. The first-order valence-electron chi connectivity index (χ1n) is 8.14. The number of hydrogen-bond acceptors (Lipinski definition) is 2. The number of aryl methyl sites for hydroxylation is 1. The summed E-state index contributed by atoms with van der Waals surface area (Å²) in [6, 6.07) is 25.3. The Balaban J connectivity index is 2.17. The third-order valence-corrected chi connectivity index (χ3v) is 4.29. The fourth-order valence-electron chi connectivity index (χ4n) is 2.90. The van der Waals surface area contributed by atoms with Crippen molar-refractivity contribution in [2.24, 2.45) is 0 Å². The number of nitrogens with zero attached hydrogens (tertiary/aromatic N) is 1. The number of benzene rings is 3. The molecule has 0 spiro atoms. The minimum atomic E-state index is -0.373. The summed E-state index contributed by atoms with van der Waals surface area (Å²) < 4.78 is 0. The highest BCUT2D eigenvalue weighted by Crippen LogP contribution is 2.32. The second-order valence-corrected chi connectivity index (χ2v) is 6.04. The van der Waals surface area contributed by atoms with Crippen LogP contribution in [0.15, 0.2) is 78.9 Å². The van der Waals surface area contributed by atoms with E-state index in [1.54, 1.807) is 12.1 Å². The fraction of sp³-hybridized carbons (Fsp3) is 0.0909. The average Bonchev–Trinajstić information content (AvgIpc) is 2.64. The van der Waals surface area contributed by atoms with Gasteiger partial charge in [-0.05, 0) is 53.8 Å². The lowest BCUT2D eigenvalue weighted by Gasteiger charge is -2.14. The number of rotatable bonds is 4. The van der Waals surface area contributed by atoms with Crippen LogP contribution >= 0.6 is 0 Å². The topological polar surface area (TPSA) is 43.1 Å². The van der Waals surface area contributed by atoms with Crippen LogP contribution < -0.4 is 0 Å². The van der Waals surface area contributed by atoms with Crippen LogP contribution in [-0.2, 0) is 0 Å². The van der Waals surface area contributed by atoms with Crippen molar-refractivity contribution in [2.75, 3.05) is 0 Å². The van der Waals surface area contributed by atoms with Gasteiger partial charge in [-0.1, -0.05) is 60.2 Å². The smallest absolute Gasteiger partial charge is 0.258 e. The Morgan fingerprint density at radius 3 is 1.84 bits per heavy atom. The Bertz CT molecular complexity index is 909. The summed E-state index contributed by atoms with van der Waals surface area (Å²) in [5.41, 5.74) is 6.74. The molecule has 3 aromatic rings. The molecule has 0 amide bonds. The molecule has 0 bridgehead atoms. The number of nitro benzene ring substituents is 1. The van der Waals surface area contributed by atoms with E-state index < -0.39 is 0 Å². The maximum atomic E-state index is 10.9. The Hall–Kier alpha value is -3.20. The van der Waals surface area contributed by atoms with E-state index in [-0.39, 0.29) is 10.6 Å². The summed E-state index contributed by atoms with van der Waals surface area (Å²) in [6.45, 7) is 4.16. The standard InChI is InChI=1S/C22H19NO2/c1-16-8-10-18(11-9-16)17(2)22(19-6-4-3-5-7-19)20-12-14-21(15-13-20)23(24)25/h3-15H,1-2H3/b22-17+. The van der Waals surface area contributed by atoms with Crippen LogP contribution in [0.25, 0.3) is 11.1 Å². The number of allylic oxidation sites excluding steroid dienone is 1. The molecule has 0 aliphatic rings. The third-order valence-electron chi connectivity index (χ3n) is 4.29.